The predicted octanol–water partition coefficient (Wildman–Crippen LogP) is -0.136. The molecule has 0 bridgehead atoms. The summed E-state index contributed by atoms with van der Waals surface area (Å²) in [5, 5.41) is 8.45. The van der Waals surface area contributed by atoms with Crippen LogP contribution in [0.1, 0.15) is 13.3 Å². The van der Waals surface area contributed by atoms with Gasteiger partial charge in [0.2, 0.25) is 5.91 Å². The molecule has 1 atom stereocenters. The summed E-state index contributed by atoms with van der Waals surface area (Å²) in [5.41, 5.74) is 0. The maximum absolute atomic E-state index is 11.3. The average Bonchev–Trinajstić information content (AvgIpc) is 2.39. The Morgan fingerprint density at radius 1 is 1.62 bits per heavy atom. The molecule has 1 N–H and O–H groups in total. The molecule has 1 heterocycles. The van der Waals surface area contributed by atoms with E-state index >= 15 is 0 Å². The highest BCUT2D eigenvalue weighted by molar-refractivity contribution is 5.78. The van der Waals surface area contributed by atoms with E-state index in [0.29, 0.717) is 32.1 Å². The fourth-order valence-corrected chi connectivity index (χ4v) is 1.53. The lowest BCUT2D eigenvalue weighted by atomic mass is 10.2. The molecule has 1 fully saturated rings. The Bertz CT molecular complexity index is 172. The Labute approximate surface area is 78.5 Å². The summed E-state index contributed by atoms with van der Waals surface area (Å²) < 4.78 is 5.08. The smallest absolute Gasteiger partial charge is 0.222 e. The summed E-state index contributed by atoms with van der Waals surface area (Å²) in [6.45, 7) is 4.51. The third kappa shape index (κ3) is 3.32. The van der Waals surface area contributed by atoms with Crippen molar-refractivity contribution in [2.75, 3.05) is 32.9 Å². The molecule has 1 amide bonds. The van der Waals surface area contributed by atoms with E-state index < -0.39 is 0 Å². The maximum Gasteiger partial charge on any atom is 0.222 e. The van der Waals surface area contributed by atoms with Gasteiger partial charge in [-0.15, -0.1) is 0 Å². The van der Waals surface area contributed by atoms with Crippen molar-refractivity contribution in [3.05, 3.63) is 0 Å². The van der Waals surface area contributed by atoms with Crippen LogP contribution >= 0.6 is 0 Å². The van der Waals surface area contributed by atoms with Crippen LogP contribution in [0.15, 0.2) is 0 Å². The molecule has 1 aliphatic heterocycles. The van der Waals surface area contributed by atoms with E-state index in [1.165, 1.54) is 0 Å². The first-order valence-corrected chi connectivity index (χ1v) is 4.70. The second-order valence-corrected chi connectivity index (χ2v) is 3.49. The first-order valence-electron chi connectivity index (χ1n) is 4.70. The zero-order valence-electron chi connectivity index (χ0n) is 8.03. The first kappa shape index (κ1) is 10.5. The molecule has 1 unspecified atom stereocenters. The molecule has 76 valence electrons. The van der Waals surface area contributed by atoms with Crippen LogP contribution in [-0.2, 0) is 9.53 Å². The Morgan fingerprint density at radius 3 is 2.92 bits per heavy atom. The standard InChI is InChI=1S/C9H17NO3/c1-8-6-9(12)10(7-8)2-4-13-5-3-11/h8,11H,2-7H2,1H3. The van der Waals surface area contributed by atoms with Gasteiger partial charge in [-0.1, -0.05) is 6.92 Å². The van der Waals surface area contributed by atoms with E-state index in [4.69, 9.17) is 9.84 Å². The molecule has 0 aromatic heterocycles. The highest BCUT2D eigenvalue weighted by Crippen LogP contribution is 2.15. The van der Waals surface area contributed by atoms with Gasteiger partial charge in [0.15, 0.2) is 0 Å². The lowest BCUT2D eigenvalue weighted by Gasteiger charge is -2.15. The highest BCUT2D eigenvalue weighted by atomic mass is 16.5. The van der Waals surface area contributed by atoms with Crippen LogP contribution in [0.5, 0.6) is 0 Å². The summed E-state index contributed by atoms with van der Waals surface area (Å²) in [6.07, 6.45) is 0.667. The topological polar surface area (TPSA) is 49.8 Å². The van der Waals surface area contributed by atoms with E-state index in [9.17, 15) is 4.79 Å². The van der Waals surface area contributed by atoms with Gasteiger partial charge in [-0.05, 0) is 5.92 Å². The van der Waals surface area contributed by atoms with Crippen molar-refractivity contribution in [2.45, 2.75) is 13.3 Å². The largest absolute Gasteiger partial charge is 0.394 e. The van der Waals surface area contributed by atoms with Gasteiger partial charge in [-0.25, -0.2) is 0 Å². The Morgan fingerprint density at radius 2 is 2.38 bits per heavy atom. The van der Waals surface area contributed by atoms with E-state index in [-0.39, 0.29) is 12.5 Å². The second-order valence-electron chi connectivity index (χ2n) is 3.49. The molecule has 0 saturated carbocycles. The van der Waals surface area contributed by atoms with Gasteiger partial charge in [0.25, 0.3) is 0 Å². The van der Waals surface area contributed by atoms with Gasteiger partial charge in [0.1, 0.15) is 0 Å². The SMILES string of the molecule is CC1CC(=O)N(CCOCCO)C1. The molecule has 0 aromatic carbocycles. The van der Waals surface area contributed by atoms with Crippen LogP contribution in [-0.4, -0.2) is 48.8 Å². The zero-order chi connectivity index (χ0) is 9.68. The fourth-order valence-electron chi connectivity index (χ4n) is 1.53. The van der Waals surface area contributed by atoms with Gasteiger partial charge >= 0.3 is 0 Å². The van der Waals surface area contributed by atoms with Gasteiger partial charge in [-0.2, -0.15) is 0 Å². The summed E-state index contributed by atoms with van der Waals surface area (Å²) in [7, 11) is 0. The number of aliphatic hydroxyl groups excluding tert-OH is 1. The zero-order valence-corrected chi connectivity index (χ0v) is 8.03. The van der Waals surface area contributed by atoms with E-state index in [1.807, 2.05) is 4.90 Å². The maximum atomic E-state index is 11.3. The molecule has 0 aromatic rings. The van der Waals surface area contributed by atoms with Crippen molar-refractivity contribution in [3.63, 3.8) is 0 Å². The molecule has 1 saturated heterocycles. The van der Waals surface area contributed by atoms with Crippen molar-refractivity contribution >= 4 is 5.91 Å². The summed E-state index contributed by atoms with van der Waals surface area (Å²) in [6, 6.07) is 0. The number of aliphatic hydroxyl groups is 1. The lowest BCUT2D eigenvalue weighted by Crippen LogP contribution is -2.29. The normalized spacial score (nSPS) is 22.8. The first-order chi connectivity index (χ1) is 6.24. The number of nitrogens with zero attached hydrogens (tertiary/aromatic N) is 1. The van der Waals surface area contributed by atoms with Gasteiger partial charge in [-0.3, -0.25) is 4.79 Å². The molecular weight excluding hydrogens is 170 g/mol. The van der Waals surface area contributed by atoms with E-state index in [1.54, 1.807) is 0 Å². The van der Waals surface area contributed by atoms with Crippen LogP contribution in [0.25, 0.3) is 0 Å². The second kappa shape index (κ2) is 5.19. The van der Waals surface area contributed by atoms with Crippen molar-refractivity contribution in [2.24, 2.45) is 5.92 Å². The van der Waals surface area contributed by atoms with Crippen LogP contribution < -0.4 is 0 Å². The molecule has 4 nitrogen and oxygen atoms in total. The molecule has 1 aliphatic rings. The van der Waals surface area contributed by atoms with Gasteiger partial charge < -0.3 is 14.7 Å². The summed E-state index contributed by atoms with van der Waals surface area (Å²) in [5.74, 6) is 0.699. The summed E-state index contributed by atoms with van der Waals surface area (Å²) in [4.78, 5) is 13.1. The van der Waals surface area contributed by atoms with Crippen LogP contribution in [0.2, 0.25) is 0 Å². The van der Waals surface area contributed by atoms with Gasteiger partial charge in [0.05, 0.1) is 19.8 Å². The minimum absolute atomic E-state index is 0.0460. The number of carbonyl (C=O) groups excluding carboxylic acids is 1. The van der Waals surface area contributed by atoms with Crippen molar-refractivity contribution in [1.82, 2.24) is 4.90 Å². The molecule has 0 aliphatic carbocycles. The number of rotatable bonds is 5. The van der Waals surface area contributed by atoms with Crippen LogP contribution in [0.4, 0.5) is 0 Å². The predicted molar refractivity (Wildman–Crippen MR) is 48.3 cm³/mol. The molecule has 13 heavy (non-hydrogen) atoms. The van der Waals surface area contributed by atoms with Crippen LogP contribution in [0, 0.1) is 5.92 Å². The van der Waals surface area contributed by atoms with E-state index in [2.05, 4.69) is 6.92 Å². The molecule has 0 spiro atoms. The molecule has 1 rings (SSSR count). The Hall–Kier alpha value is -0.610. The fraction of sp³-hybridized carbons (Fsp3) is 0.889. The molecule has 0 radical (unpaired) electrons. The Kier molecular flexibility index (Phi) is 4.18. The number of hydrogen-bond donors (Lipinski definition) is 1. The van der Waals surface area contributed by atoms with Crippen molar-refractivity contribution < 1.29 is 14.6 Å². The molecule has 4 heteroatoms. The number of amides is 1. The number of carbonyl (C=O) groups is 1. The van der Waals surface area contributed by atoms with Crippen LogP contribution in [0.3, 0.4) is 0 Å². The third-order valence-corrected chi connectivity index (χ3v) is 2.15. The van der Waals surface area contributed by atoms with Crippen molar-refractivity contribution in [1.29, 1.82) is 0 Å². The minimum atomic E-state index is 0.0460. The third-order valence-electron chi connectivity index (χ3n) is 2.15. The number of hydrogen-bond acceptors (Lipinski definition) is 3. The number of likely N-dealkylation sites (tertiary alicyclic amines) is 1. The lowest BCUT2D eigenvalue weighted by molar-refractivity contribution is -0.128. The van der Waals surface area contributed by atoms with Gasteiger partial charge in [0, 0.05) is 19.5 Å². The molecular formula is C9H17NO3. The van der Waals surface area contributed by atoms with Crippen molar-refractivity contribution in [3.8, 4) is 0 Å². The summed E-state index contributed by atoms with van der Waals surface area (Å²) >= 11 is 0. The minimum Gasteiger partial charge on any atom is -0.394 e. The highest BCUT2D eigenvalue weighted by Gasteiger charge is 2.25. The monoisotopic (exact) mass is 187 g/mol. The number of ether oxygens (including phenoxy) is 1. The quantitative estimate of drug-likeness (QED) is 0.610. The Balaban J connectivity index is 2.11. The average molecular weight is 187 g/mol. The van der Waals surface area contributed by atoms with E-state index in [0.717, 1.165) is 6.54 Å².